The first kappa shape index (κ1) is 27.8. The highest BCUT2D eigenvalue weighted by Gasteiger charge is 2.38. The van der Waals surface area contributed by atoms with Gasteiger partial charge in [-0.1, -0.05) is 24.3 Å². The number of aromatic nitrogens is 2. The fraction of sp³-hybridized carbons (Fsp3) is 0.318. The van der Waals surface area contributed by atoms with Gasteiger partial charge in [0, 0.05) is 17.6 Å². The fourth-order valence-corrected chi connectivity index (χ4v) is 4.79. The highest BCUT2D eigenvalue weighted by Crippen LogP contribution is 2.36. The van der Waals surface area contributed by atoms with Gasteiger partial charge in [0.15, 0.2) is 0 Å². The summed E-state index contributed by atoms with van der Waals surface area (Å²) in [5, 5.41) is 0. The molecule has 0 bridgehead atoms. The van der Waals surface area contributed by atoms with E-state index in [9.17, 15) is 26.0 Å². The Bertz CT molecular complexity index is 1300. The summed E-state index contributed by atoms with van der Waals surface area (Å²) in [6.07, 6.45) is -3.81. The van der Waals surface area contributed by atoms with Gasteiger partial charge in [0.25, 0.3) is 0 Å². The van der Waals surface area contributed by atoms with Crippen molar-refractivity contribution in [1.82, 2.24) is 14.3 Å². The van der Waals surface area contributed by atoms with Gasteiger partial charge in [-0.2, -0.15) is 13.2 Å². The van der Waals surface area contributed by atoms with Crippen molar-refractivity contribution in [3.05, 3.63) is 60.2 Å². The summed E-state index contributed by atoms with van der Waals surface area (Å²) in [7, 11) is -3.78. The van der Waals surface area contributed by atoms with Crippen LogP contribution in [0, 0.1) is 0 Å². The van der Waals surface area contributed by atoms with E-state index in [1.807, 2.05) is 0 Å². The van der Waals surface area contributed by atoms with Gasteiger partial charge in [-0.3, -0.25) is 0 Å². The van der Waals surface area contributed by atoms with Crippen LogP contribution in [0.1, 0.15) is 26.6 Å². The fourth-order valence-electron chi connectivity index (χ4n) is 3.38. The van der Waals surface area contributed by atoms with Crippen molar-refractivity contribution in [3.63, 3.8) is 0 Å². The molecule has 0 spiro atoms. The van der Waals surface area contributed by atoms with E-state index < -0.39 is 39.9 Å². The summed E-state index contributed by atoms with van der Waals surface area (Å²) in [6.45, 7) is 4.31. The number of nitrogens with two attached hydrogens (primary N) is 1. The summed E-state index contributed by atoms with van der Waals surface area (Å²) in [5.74, 6) is -2.05. The summed E-state index contributed by atoms with van der Waals surface area (Å²) in [4.78, 5) is 3.79. The van der Waals surface area contributed by atoms with E-state index in [2.05, 4.69) is 9.71 Å². The molecule has 3 aromatic rings. The smallest absolute Gasteiger partial charge is 0.327 e. The lowest BCUT2D eigenvalue weighted by Gasteiger charge is -2.20. The van der Waals surface area contributed by atoms with Crippen LogP contribution >= 0.6 is 12.4 Å². The largest absolute Gasteiger partial charge is 0.449 e. The first-order chi connectivity index (χ1) is 15.2. The average Bonchev–Trinajstić information content (AvgIpc) is 3.05. The molecule has 0 unspecified atom stereocenters. The molecular formula is C22H25ClF4N4O2S. The number of rotatable bonds is 6. The van der Waals surface area contributed by atoms with Crippen LogP contribution in [0.25, 0.3) is 22.2 Å². The van der Waals surface area contributed by atoms with Gasteiger partial charge in [0.2, 0.25) is 15.8 Å². The standard InChI is InChI=1S/C22H24F4N4O2S.ClH/c1-21(2,3)29-33(31,32)16-9-7-14(8-10-16)17-5-4-6-18-19(17)28-20(22(24,25)26)30(18)13-15(23)11-12-27;/h4-11,29H,12-13,27H2,1-3H3;1H. The molecule has 186 valence electrons. The Kier molecular flexibility index (Phi) is 8.19. The number of imidazole rings is 1. The molecule has 0 aliphatic carbocycles. The van der Waals surface area contributed by atoms with Crippen molar-refractivity contribution in [1.29, 1.82) is 0 Å². The second-order valence-electron chi connectivity index (χ2n) is 8.46. The van der Waals surface area contributed by atoms with Crippen LogP contribution in [0.2, 0.25) is 0 Å². The molecule has 12 heteroatoms. The van der Waals surface area contributed by atoms with E-state index in [1.54, 1.807) is 26.8 Å². The van der Waals surface area contributed by atoms with Gasteiger partial charge in [-0.15, -0.1) is 12.4 Å². The Hall–Kier alpha value is -2.47. The zero-order chi connectivity index (χ0) is 24.6. The van der Waals surface area contributed by atoms with E-state index in [-0.39, 0.29) is 34.9 Å². The second kappa shape index (κ2) is 10.0. The predicted octanol–water partition coefficient (Wildman–Crippen LogP) is 5.03. The average molecular weight is 521 g/mol. The van der Waals surface area contributed by atoms with Gasteiger partial charge in [0.05, 0.1) is 22.5 Å². The molecule has 1 aromatic heterocycles. The summed E-state index contributed by atoms with van der Waals surface area (Å²) < 4.78 is 83.4. The molecular weight excluding hydrogens is 496 g/mol. The quantitative estimate of drug-likeness (QED) is 0.446. The minimum atomic E-state index is -4.81. The van der Waals surface area contributed by atoms with E-state index in [4.69, 9.17) is 5.73 Å². The van der Waals surface area contributed by atoms with Crippen molar-refractivity contribution in [3.8, 4) is 11.1 Å². The molecule has 3 N–H and O–H groups in total. The SMILES string of the molecule is CC(C)(C)NS(=O)(=O)c1ccc(-c2cccc3c2nc(C(F)(F)F)n3CC(F)=CCN)cc1.Cl. The molecule has 3 rings (SSSR count). The lowest BCUT2D eigenvalue weighted by Crippen LogP contribution is -2.40. The Balaban J connectivity index is 0.00000408. The summed E-state index contributed by atoms with van der Waals surface area (Å²) >= 11 is 0. The van der Waals surface area contributed by atoms with Crippen LogP contribution in [0.4, 0.5) is 17.6 Å². The highest BCUT2D eigenvalue weighted by molar-refractivity contribution is 7.89. The first-order valence-electron chi connectivity index (χ1n) is 9.98. The van der Waals surface area contributed by atoms with Crippen LogP contribution in [0.15, 0.2) is 59.3 Å². The Labute approximate surface area is 201 Å². The van der Waals surface area contributed by atoms with E-state index >= 15 is 0 Å². The molecule has 0 saturated carbocycles. The third kappa shape index (κ3) is 6.15. The lowest BCUT2D eigenvalue weighted by atomic mass is 10.0. The van der Waals surface area contributed by atoms with Gasteiger partial charge < -0.3 is 10.3 Å². The number of benzene rings is 2. The Morgan fingerprint density at radius 1 is 1.12 bits per heavy atom. The Morgan fingerprint density at radius 2 is 1.74 bits per heavy atom. The zero-order valence-corrected chi connectivity index (χ0v) is 20.3. The number of alkyl halides is 3. The normalized spacial score (nSPS) is 13.2. The number of hydrogen-bond donors (Lipinski definition) is 2. The third-order valence-corrected chi connectivity index (χ3v) is 6.37. The van der Waals surface area contributed by atoms with Gasteiger partial charge >= 0.3 is 6.18 Å². The van der Waals surface area contributed by atoms with Gasteiger partial charge in [0.1, 0.15) is 5.83 Å². The molecule has 0 aliphatic heterocycles. The minimum absolute atomic E-state index is 0. The number of fused-ring (bicyclic) bond motifs is 1. The van der Waals surface area contributed by atoms with Crippen molar-refractivity contribution in [2.24, 2.45) is 5.73 Å². The van der Waals surface area contributed by atoms with Crippen molar-refractivity contribution >= 4 is 33.5 Å². The van der Waals surface area contributed by atoms with Crippen LogP contribution in [0.3, 0.4) is 0 Å². The predicted molar refractivity (Wildman–Crippen MR) is 126 cm³/mol. The topological polar surface area (TPSA) is 90.0 Å². The van der Waals surface area contributed by atoms with Crippen LogP contribution in [-0.2, 0) is 22.7 Å². The zero-order valence-electron chi connectivity index (χ0n) is 18.6. The van der Waals surface area contributed by atoms with Gasteiger partial charge in [-0.25, -0.2) is 22.5 Å². The molecule has 0 radical (unpaired) electrons. The molecule has 0 aliphatic rings. The lowest BCUT2D eigenvalue weighted by molar-refractivity contribution is -0.146. The maximum absolute atomic E-state index is 14.1. The summed E-state index contributed by atoms with van der Waals surface area (Å²) in [5.41, 5.74) is 5.51. The molecule has 2 aromatic carbocycles. The van der Waals surface area contributed by atoms with Crippen molar-refractivity contribution in [2.75, 3.05) is 6.54 Å². The Morgan fingerprint density at radius 3 is 2.26 bits per heavy atom. The third-order valence-electron chi connectivity index (χ3n) is 4.60. The maximum Gasteiger partial charge on any atom is 0.449 e. The summed E-state index contributed by atoms with van der Waals surface area (Å²) in [6, 6.07) is 10.2. The number of allylic oxidation sites excluding steroid dienone is 1. The van der Waals surface area contributed by atoms with E-state index in [1.165, 1.54) is 36.4 Å². The molecule has 1 heterocycles. The van der Waals surface area contributed by atoms with E-state index in [0.29, 0.717) is 11.1 Å². The monoisotopic (exact) mass is 520 g/mol. The minimum Gasteiger partial charge on any atom is -0.327 e. The number of para-hydroxylation sites is 1. The van der Waals surface area contributed by atoms with Crippen molar-refractivity contribution in [2.45, 2.75) is 43.9 Å². The van der Waals surface area contributed by atoms with E-state index in [0.717, 1.165) is 10.6 Å². The number of nitrogens with one attached hydrogen (secondary N) is 1. The molecule has 6 nitrogen and oxygen atoms in total. The van der Waals surface area contributed by atoms with Crippen LogP contribution < -0.4 is 10.5 Å². The molecule has 0 saturated heterocycles. The maximum atomic E-state index is 14.1. The molecule has 0 fully saturated rings. The number of halogens is 5. The van der Waals surface area contributed by atoms with Crippen molar-refractivity contribution < 1.29 is 26.0 Å². The second-order valence-corrected chi connectivity index (χ2v) is 10.1. The first-order valence-corrected chi connectivity index (χ1v) is 11.5. The van der Waals surface area contributed by atoms with Crippen LogP contribution in [-0.4, -0.2) is 30.1 Å². The molecule has 0 amide bonds. The number of sulfonamides is 1. The molecule has 34 heavy (non-hydrogen) atoms. The van der Waals surface area contributed by atoms with Crippen LogP contribution in [0.5, 0.6) is 0 Å². The molecule has 0 atom stereocenters. The number of nitrogens with zero attached hydrogens (tertiary/aromatic N) is 2. The highest BCUT2D eigenvalue weighted by atomic mass is 35.5. The van der Waals surface area contributed by atoms with Gasteiger partial charge in [-0.05, 0) is 50.6 Å². The number of hydrogen-bond acceptors (Lipinski definition) is 4.